The first-order valence-electron chi connectivity index (χ1n) is 9.71. The van der Waals surface area contributed by atoms with Gasteiger partial charge in [-0.05, 0) is 44.2 Å². The fourth-order valence-electron chi connectivity index (χ4n) is 3.22. The summed E-state index contributed by atoms with van der Waals surface area (Å²) in [6.45, 7) is 3.66. The number of aryl methyl sites for hydroxylation is 2. The Kier molecular flexibility index (Phi) is 6.98. The molecule has 0 saturated heterocycles. The van der Waals surface area contributed by atoms with Crippen LogP contribution in [-0.4, -0.2) is 17.1 Å². The highest BCUT2D eigenvalue weighted by molar-refractivity contribution is 5.93. The Morgan fingerprint density at radius 2 is 1.75 bits per heavy atom. The van der Waals surface area contributed by atoms with Crippen LogP contribution < -0.4 is 10.6 Å². The van der Waals surface area contributed by atoms with Crippen molar-refractivity contribution in [3.05, 3.63) is 83.6 Å². The Morgan fingerprint density at radius 1 is 1.07 bits per heavy atom. The molecule has 2 aromatic carbocycles. The van der Waals surface area contributed by atoms with Crippen LogP contribution in [0.25, 0.3) is 0 Å². The van der Waals surface area contributed by atoms with Crippen LogP contribution in [0.4, 0.5) is 5.82 Å². The molecule has 2 atom stereocenters. The van der Waals surface area contributed by atoms with Gasteiger partial charge in [-0.3, -0.25) is 10.1 Å². The average Bonchev–Trinajstić information content (AvgIpc) is 3.13. The van der Waals surface area contributed by atoms with Crippen LogP contribution in [0.1, 0.15) is 42.7 Å². The molecule has 1 heterocycles. The Morgan fingerprint density at radius 3 is 2.39 bits per heavy atom. The lowest BCUT2D eigenvalue weighted by atomic mass is 9.98. The van der Waals surface area contributed by atoms with Crippen molar-refractivity contribution in [3.8, 4) is 0 Å². The lowest BCUT2D eigenvalue weighted by Crippen LogP contribution is -2.40. The zero-order valence-electron chi connectivity index (χ0n) is 16.4. The maximum Gasteiger partial charge on any atom is 0.242 e. The smallest absolute Gasteiger partial charge is 0.242 e. The third kappa shape index (κ3) is 5.79. The molecule has 0 fully saturated rings. The molecule has 28 heavy (non-hydrogen) atoms. The predicted molar refractivity (Wildman–Crippen MR) is 111 cm³/mol. The fourth-order valence-corrected chi connectivity index (χ4v) is 3.22. The van der Waals surface area contributed by atoms with E-state index in [-0.39, 0.29) is 18.0 Å². The van der Waals surface area contributed by atoms with Crippen LogP contribution in [0.5, 0.6) is 0 Å². The van der Waals surface area contributed by atoms with Crippen LogP contribution in [0.2, 0.25) is 0 Å². The van der Waals surface area contributed by atoms with Crippen LogP contribution in [-0.2, 0) is 11.2 Å². The van der Waals surface area contributed by atoms with Gasteiger partial charge in [0.2, 0.25) is 5.91 Å². The highest BCUT2D eigenvalue weighted by atomic mass is 16.5. The van der Waals surface area contributed by atoms with Crippen LogP contribution >= 0.6 is 0 Å². The van der Waals surface area contributed by atoms with Crippen LogP contribution in [0.3, 0.4) is 0 Å². The van der Waals surface area contributed by atoms with Crippen LogP contribution in [0.15, 0.2) is 71.3 Å². The van der Waals surface area contributed by atoms with Crippen molar-refractivity contribution in [2.24, 2.45) is 0 Å². The van der Waals surface area contributed by atoms with E-state index in [9.17, 15) is 4.79 Å². The second kappa shape index (κ2) is 9.85. The minimum atomic E-state index is -0.362. The topological polar surface area (TPSA) is 67.2 Å². The van der Waals surface area contributed by atoms with E-state index in [1.165, 1.54) is 11.1 Å². The molecule has 0 spiro atoms. The number of carbonyl (C=O) groups is 1. The fraction of sp³-hybridized carbons (Fsp3) is 0.304. The van der Waals surface area contributed by atoms with E-state index in [0.717, 1.165) is 19.3 Å². The van der Waals surface area contributed by atoms with Crippen molar-refractivity contribution in [1.29, 1.82) is 0 Å². The van der Waals surface area contributed by atoms with E-state index in [0.29, 0.717) is 11.6 Å². The zero-order valence-corrected chi connectivity index (χ0v) is 16.4. The second-order valence-electron chi connectivity index (χ2n) is 7.04. The number of hydrogen-bond donors (Lipinski definition) is 2. The molecule has 3 rings (SSSR count). The molecule has 5 heteroatoms. The van der Waals surface area contributed by atoms with Gasteiger partial charge in [-0.25, -0.2) is 0 Å². The van der Waals surface area contributed by atoms with Gasteiger partial charge in [-0.1, -0.05) is 65.8 Å². The Bertz CT molecular complexity index is 862. The van der Waals surface area contributed by atoms with E-state index in [1.54, 1.807) is 13.0 Å². The van der Waals surface area contributed by atoms with Gasteiger partial charge < -0.3 is 9.84 Å². The molecule has 0 aliphatic carbocycles. The van der Waals surface area contributed by atoms with Gasteiger partial charge in [0.25, 0.3) is 0 Å². The number of carbonyl (C=O) groups excluding carboxylic acids is 1. The third-order valence-electron chi connectivity index (χ3n) is 4.73. The van der Waals surface area contributed by atoms with Gasteiger partial charge in [0.05, 0.1) is 6.04 Å². The normalized spacial score (nSPS) is 13.1. The minimum absolute atomic E-state index is 0.102. The monoisotopic (exact) mass is 377 g/mol. The summed E-state index contributed by atoms with van der Waals surface area (Å²) in [4.78, 5) is 12.5. The lowest BCUT2D eigenvalue weighted by molar-refractivity contribution is -0.118. The summed E-state index contributed by atoms with van der Waals surface area (Å²) in [7, 11) is 0. The number of benzene rings is 2. The number of amides is 1. The summed E-state index contributed by atoms with van der Waals surface area (Å²) in [5.74, 6) is 0.979. The Balaban J connectivity index is 1.60. The van der Waals surface area contributed by atoms with E-state index < -0.39 is 0 Å². The molecule has 0 aliphatic heterocycles. The van der Waals surface area contributed by atoms with Gasteiger partial charge in [0.15, 0.2) is 5.82 Å². The van der Waals surface area contributed by atoms with Crippen molar-refractivity contribution in [2.75, 3.05) is 5.32 Å². The third-order valence-corrected chi connectivity index (χ3v) is 4.73. The maximum absolute atomic E-state index is 12.5. The van der Waals surface area contributed by atoms with Crippen LogP contribution in [0, 0.1) is 6.92 Å². The van der Waals surface area contributed by atoms with E-state index in [2.05, 4.69) is 52.2 Å². The van der Waals surface area contributed by atoms with Crippen molar-refractivity contribution in [3.63, 3.8) is 0 Å². The summed E-state index contributed by atoms with van der Waals surface area (Å²) in [5, 5.41) is 10.1. The minimum Gasteiger partial charge on any atom is -0.360 e. The molecule has 0 saturated carbocycles. The zero-order chi connectivity index (χ0) is 19.8. The molecule has 5 nitrogen and oxygen atoms in total. The summed E-state index contributed by atoms with van der Waals surface area (Å²) in [6, 6.07) is 22.2. The first-order chi connectivity index (χ1) is 13.6. The Labute approximate surface area is 166 Å². The van der Waals surface area contributed by atoms with Gasteiger partial charge in [0, 0.05) is 12.1 Å². The summed E-state index contributed by atoms with van der Waals surface area (Å²) >= 11 is 0. The molecule has 3 aromatic rings. The number of aromatic nitrogens is 1. The van der Waals surface area contributed by atoms with Crippen molar-refractivity contribution in [1.82, 2.24) is 10.5 Å². The summed E-state index contributed by atoms with van der Waals surface area (Å²) in [5.41, 5.74) is 2.52. The molecule has 2 N–H and O–H groups in total. The molecule has 1 amide bonds. The van der Waals surface area contributed by atoms with Crippen molar-refractivity contribution >= 4 is 11.7 Å². The number of nitrogens with one attached hydrogen (secondary N) is 2. The van der Waals surface area contributed by atoms with Gasteiger partial charge in [-0.15, -0.1) is 0 Å². The molecule has 1 aromatic heterocycles. The number of hydrogen-bond acceptors (Lipinski definition) is 4. The van der Waals surface area contributed by atoms with E-state index in [1.807, 2.05) is 31.2 Å². The second-order valence-corrected chi connectivity index (χ2v) is 7.04. The largest absolute Gasteiger partial charge is 0.360 e. The molecule has 146 valence electrons. The van der Waals surface area contributed by atoms with Gasteiger partial charge >= 0.3 is 0 Å². The first kappa shape index (κ1) is 19.8. The highest BCUT2D eigenvalue weighted by Gasteiger charge is 2.20. The highest BCUT2D eigenvalue weighted by Crippen LogP contribution is 2.21. The molecule has 2 unspecified atom stereocenters. The standard InChI is InChI=1S/C23H27N3O2/c1-17-16-22(26-28-17)25-23(27)18(2)24-21(20-13-7-4-8-14-20)15-9-12-19-10-5-3-6-11-19/h3-8,10-11,13-14,16,18,21,24H,9,12,15H2,1-2H3,(H,25,26,27). The first-order valence-corrected chi connectivity index (χ1v) is 9.71. The summed E-state index contributed by atoms with van der Waals surface area (Å²) in [6.07, 6.45) is 3.00. The quantitative estimate of drug-likeness (QED) is 0.569. The molecule has 0 radical (unpaired) electrons. The Hall–Kier alpha value is -2.92. The van der Waals surface area contributed by atoms with E-state index in [4.69, 9.17) is 4.52 Å². The average molecular weight is 377 g/mol. The molecular weight excluding hydrogens is 350 g/mol. The van der Waals surface area contributed by atoms with Crippen molar-refractivity contribution < 1.29 is 9.32 Å². The predicted octanol–water partition coefficient (Wildman–Crippen LogP) is 4.66. The van der Waals surface area contributed by atoms with Gasteiger partial charge in [0.1, 0.15) is 5.76 Å². The summed E-state index contributed by atoms with van der Waals surface area (Å²) < 4.78 is 5.01. The lowest BCUT2D eigenvalue weighted by Gasteiger charge is -2.23. The SMILES string of the molecule is Cc1cc(NC(=O)C(C)NC(CCCc2ccccc2)c2ccccc2)no1. The number of anilines is 1. The molecule has 0 aliphatic rings. The number of rotatable bonds is 9. The van der Waals surface area contributed by atoms with Gasteiger partial charge in [-0.2, -0.15) is 0 Å². The molecular formula is C23H27N3O2. The van der Waals surface area contributed by atoms with E-state index >= 15 is 0 Å². The van der Waals surface area contributed by atoms with Crippen molar-refractivity contribution in [2.45, 2.75) is 45.2 Å². The maximum atomic E-state index is 12.5. The molecule has 0 bridgehead atoms. The number of nitrogens with zero attached hydrogens (tertiary/aromatic N) is 1.